The first-order valence-electron chi connectivity index (χ1n) is 7.09. The molecule has 0 aromatic heterocycles. The van der Waals surface area contributed by atoms with E-state index < -0.39 is 20.0 Å². The third-order valence-electron chi connectivity index (χ3n) is 3.18. The molecule has 0 aliphatic carbocycles. The molecule has 2 aromatic carbocycles. The lowest BCUT2D eigenvalue weighted by molar-refractivity contribution is 0.521. The Labute approximate surface area is 152 Å². The summed E-state index contributed by atoms with van der Waals surface area (Å²) in [6.07, 6.45) is 1.42. The lowest BCUT2D eigenvalue weighted by Crippen LogP contribution is -2.22. The Bertz CT molecular complexity index is 983. The average Bonchev–Trinajstić information content (AvgIpc) is 2.54. The van der Waals surface area contributed by atoms with E-state index in [0.29, 0.717) is 10.6 Å². The van der Waals surface area contributed by atoms with Crippen molar-refractivity contribution in [3.05, 3.63) is 64.5 Å². The van der Waals surface area contributed by atoms with Gasteiger partial charge in [-0.25, -0.2) is 21.1 Å². The molecule has 25 heavy (non-hydrogen) atoms. The molecule has 0 saturated carbocycles. The SMILES string of the molecule is CN(C)S(=O)(=O)c1cccc(NS(=O)(=O)/C=C/c2ccc(Cl)cc2)c1. The van der Waals surface area contributed by atoms with Crippen LogP contribution in [0.2, 0.25) is 5.02 Å². The fourth-order valence-electron chi connectivity index (χ4n) is 1.87. The highest BCUT2D eigenvalue weighted by molar-refractivity contribution is 7.95. The van der Waals surface area contributed by atoms with Gasteiger partial charge in [-0.2, -0.15) is 0 Å². The van der Waals surface area contributed by atoms with Crippen molar-refractivity contribution in [1.29, 1.82) is 0 Å². The zero-order valence-electron chi connectivity index (χ0n) is 13.5. The first-order chi connectivity index (χ1) is 11.6. The minimum atomic E-state index is -3.80. The Morgan fingerprint density at radius 1 is 1.00 bits per heavy atom. The molecule has 1 N–H and O–H groups in total. The monoisotopic (exact) mass is 400 g/mol. The van der Waals surface area contributed by atoms with Gasteiger partial charge in [0.15, 0.2) is 0 Å². The maximum atomic E-state index is 12.2. The van der Waals surface area contributed by atoms with Crippen molar-refractivity contribution in [3.8, 4) is 0 Å². The van der Waals surface area contributed by atoms with E-state index in [-0.39, 0.29) is 10.6 Å². The molecule has 0 spiro atoms. The molecule has 0 bridgehead atoms. The second-order valence-corrected chi connectivity index (χ2v) is 9.47. The topological polar surface area (TPSA) is 83.6 Å². The van der Waals surface area contributed by atoms with E-state index in [0.717, 1.165) is 9.71 Å². The lowest BCUT2D eigenvalue weighted by Gasteiger charge is -2.12. The molecule has 0 radical (unpaired) electrons. The van der Waals surface area contributed by atoms with Crippen LogP contribution < -0.4 is 4.72 Å². The Kier molecular flexibility index (Phi) is 5.89. The van der Waals surface area contributed by atoms with E-state index in [1.165, 1.54) is 44.4 Å². The van der Waals surface area contributed by atoms with E-state index in [1.807, 2.05) is 0 Å². The van der Waals surface area contributed by atoms with Crippen LogP contribution in [0.3, 0.4) is 0 Å². The average molecular weight is 401 g/mol. The summed E-state index contributed by atoms with van der Waals surface area (Å²) < 4.78 is 51.9. The van der Waals surface area contributed by atoms with Crippen LogP contribution in [0, 0.1) is 0 Å². The van der Waals surface area contributed by atoms with Crippen LogP contribution in [0.15, 0.2) is 58.8 Å². The molecular weight excluding hydrogens is 384 g/mol. The van der Waals surface area contributed by atoms with Gasteiger partial charge < -0.3 is 0 Å². The van der Waals surface area contributed by atoms with E-state index in [2.05, 4.69) is 4.72 Å². The molecule has 0 heterocycles. The zero-order valence-corrected chi connectivity index (χ0v) is 15.9. The predicted octanol–water partition coefficient (Wildman–Crippen LogP) is 3.00. The summed E-state index contributed by atoms with van der Waals surface area (Å²) in [6.45, 7) is 0. The third-order valence-corrected chi connectivity index (χ3v) is 6.26. The smallest absolute Gasteiger partial charge is 0.255 e. The van der Waals surface area contributed by atoms with Crippen molar-refractivity contribution in [2.75, 3.05) is 18.8 Å². The second-order valence-electron chi connectivity index (χ2n) is 5.32. The number of sulfonamides is 2. The molecule has 0 aliphatic heterocycles. The van der Waals surface area contributed by atoms with Crippen molar-refractivity contribution < 1.29 is 16.8 Å². The minimum Gasteiger partial charge on any atom is -0.280 e. The van der Waals surface area contributed by atoms with E-state index in [9.17, 15) is 16.8 Å². The summed E-state index contributed by atoms with van der Waals surface area (Å²) in [7, 11) is -4.64. The molecule has 134 valence electrons. The molecule has 0 atom stereocenters. The van der Waals surface area contributed by atoms with Crippen LogP contribution >= 0.6 is 11.6 Å². The van der Waals surface area contributed by atoms with Crippen LogP contribution in [-0.2, 0) is 20.0 Å². The number of nitrogens with zero attached hydrogens (tertiary/aromatic N) is 1. The van der Waals surface area contributed by atoms with Gasteiger partial charge in [0.05, 0.1) is 16.0 Å². The molecule has 6 nitrogen and oxygen atoms in total. The lowest BCUT2D eigenvalue weighted by atomic mass is 10.2. The largest absolute Gasteiger partial charge is 0.280 e. The fourth-order valence-corrected chi connectivity index (χ4v) is 3.81. The maximum absolute atomic E-state index is 12.2. The second kappa shape index (κ2) is 7.57. The Balaban J connectivity index is 2.22. The Morgan fingerprint density at radius 3 is 2.24 bits per heavy atom. The summed E-state index contributed by atoms with van der Waals surface area (Å²) in [4.78, 5) is -0.000573. The van der Waals surface area contributed by atoms with Gasteiger partial charge >= 0.3 is 0 Å². The van der Waals surface area contributed by atoms with Crippen molar-refractivity contribution in [2.45, 2.75) is 4.90 Å². The highest BCUT2D eigenvalue weighted by Crippen LogP contribution is 2.19. The number of halogens is 1. The first kappa shape index (κ1) is 19.5. The molecule has 0 aliphatic rings. The van der Waals surface area contributed by atoms with Crippen LogP contribution in [0.5, 0.6) is 0 Å². The normalized spacial score (nSPS) is 12.6. The van der Waals surface area contributed by atoms with Crippen molar-refractivity contribution in [2.24, 2.45) is 0 Å². The van der Waals surface area contributed by atoms with E-state index in [1.54, 1.807) is 24.3 Å². The molecule has 0 saturated heterocycles. The van der Waals surface area contributed by atoms with Crippen LogP contribution in [0.1, 0.15) is 5.56 Å². The van der Waals surface area contributed by atoms with E-state index >= 15 is 0 Å². The molecule has 2 aromatic rings. The molecule has 0 amide bonds. The number of hydrogen-bond donors (Lipinski definition) is 1. The minimum absolute atomic E-state index is 0.000573. The highest BCUT2D eigenvalue weighted by Gasteiger charge is 2.18. The van der Waals surface area contributed by atoms with Crippen molar-refractivity contribution in [3.63, 3.8) is 0 Å². The molecule has 0 fully saturated rings. The number of hydrogen-bond acceptors (Lipinski definition) is 4. The van der Waals surface area contributed by atoms with Gasteiger partial charge in [-0.3, -0.25) is 4.72 Å². The maximum Gasteiger partial charge on any atom is 0.255 e. The Morgan fingerprint density at radius 2 is 1.64 bits per heavy atom. The number of anilines is 1. The van der Waals surface area contributed by atoms with Crippen LogP contribution in [-0.4, -0.2) is 35.2 Å². The zero-order chi connectivity index (χ0) is 18.7. The van der Waals surface area contributed by atoms with Crippen molar-refractivity contribution in [1.82, 2.24) is 4.31 Å². The molecule has 2 rings (SSSR count). The number of rotatable bonds is 6. The summed E-state index contributed by atoms with van der Waals surface area (Å²) in [5.41, 5.74) is 0.822. The highest BCUT2D eigenvalue weighted by atomic mass is 35.5. The summed E-state index contributed by atoms with van der Waals surface area (Å²) >= 11 is 5.78. The van der Waals surface area contributed by atoms with Gasteiger partial charge in [-0.05, 0) is 42.0 Å². The third kappa shape index (κ3) is 5.30. The first-order valence-corrected chi connectivity index (χ1v) is 10.5. The number of benzene rings is 2. The molecule has 9 heteroatoms. The van der Waals surface area contributed by atoms with Gasteiger partial charge in [0.2, 0.25) is 10.0 Å². The standard InChI is InChI=1S/C16H17ClN2O4S2/c1-19(2)25(22,23)16-5-3-4-15(12-16)18-24(20,21)11-10-13-6-8-14(17)9-7-13/h3-12,18H,1-2H3/b11-10+. The van der Waals surface area contributed by atoms with Gasteiger partial charge in [-0.1, -0.05) is 29.8 Å². The van der Waals surface area contributed by atoms with Gasteiger partial charge in [0.1, 0.15) is 0 Å². The van der Waals surface area contributed by atoms with E-state index in [4.69, 9.17) is 11.6 Å². The Hall–Kier alpha value is -1.87. The molecular formula is C16H17ClN2O4S2. The molecule has 0 unspecified atom stereocenters. The summed E-state index contributed by atoms with van der Waals surface area (Å²) in [5, 5.41) is 1.56. The van der Waals surface area contributed by atoms with Gasteiger partial charge in [0, 0.05) is 19.1 Å². The van der Waals surface area contributed by atoms with Gasteiger partial charge in [0.25, 0.3) is 10.0 Å². The summed E-state index contributed by atoms with van der Waals surface area (Å²) in [6, 6.07) is 12.3. The fraction of sp³-hybridized carbons (Fsp3) is 0.125. The van der Waals surface area contributed by atoms with Crippen molar-refractivity contribution >= 4 is 43.4 Å². The number of nitrogens with one attached hydrogen (secondary N) is 1. The summed E-state index contributed by atoms with van der Waals surface area (Å²) in [5.74, 6) is 0. The van der Waals surface area contributed by atoms with Crippen LogP contribution in [0.25, 0.3) is 6.08 Å². The van der Waals surface area contributed by atoms with Crippen LogP contribution in [0.4, 0.5) is 5.69 Å². The quantitative estimate of drug-likeness (QED) is 0.807. The van der Waals surface area contributed by atoms with Gasteiger partial charge in [-0.15, -0.1) is 0 Å². The predicted molar refractivity (Wildman–Crippen MR) is 100 cm³/mol.